The first-order chi connectivity index (χ1) is 12.9. The molecule has 0 unspecified atom stereocenters. The van der Waals surface area contributed by atoms with Crippen LogP contribution in [0.5, 0.6) is 0 Å². The Hall–Kier alpha value is -2.47. The van der Waals surface area contributed by atoms with Crippen LogP contribution in [-0.2, 0) is 13.0 Å². The zero-order valence-corrected chi connectivity index (χ0v) is 16.3. The predicted molar refractivity (Wildman–Crippen MR) is 107 cm³/mol. The number of carbonyl (C=O) groups is 1. The highest BCUT2D eigenvalue weighted by Gasteiger charge is 2.26. The highest BCUT2D eigenvalue weighted by Crippen LogP contribution is 2.40. The molecule has 0 spiro atoms. The summed E-state index contributed by atoms with van der Waals surface area (Å²) in [7, 11) is 0. The van der Waals surface area contributed by atoms with Gasteiger partial charge in [-0.1, -0.05) is 31.3 Å². The summed E-state index contributed by atoms with van der Waals surface area (Å²) in [5.41, 5.74) is 3.79. The number of benzene rings is 1. The van der Waals surface area contributed by atoms with Gasteiger partial charge in [0.25, 0.3) is 0 Å². The van der Waals surface area contributed by atoms with Crippen molar-refractivity contribution >= 4 is 27.5 Å². The van der Waals surface area contributed by atoms with Gasteiger partial charge in [0.05, 0.1) is 21.5 Å². The van der Waals surface area contributed by atoms with Crippen molar-refractivity contribution in [2.24, 2.45) is 5.92 Å². The molecule has 27 heavy (non-hydrogen) atoms. The molecule has 0 bridgehead atoms. The molecule has 0 amide bonds. The number of pyridine rings is 1. The van der Waals surface area contributed by atoms with Crippen molar-refractivity contribution in [2.45, 2.75) is 45.6 Å². The zero-order chi connectivity index (χ0) is 19.1. The van der Waals surface area contributed by atoms with E-state index in [1.165, 1.54) is 11.3 Å². The van der Waals surface area contributed by atoms with E-state index in [9.17, 15) is 14.7 Å². The van der Waals surface area contributed by atoms with Crippen molar-refractivity contribution in [3.8, 4) is 0 Å². The molecular weight excluding hydrogens is 360 g/mol. The van der Waals surface area contributed by atoms with Gasteiger partial charge in [0.1, 0.15) is 0 Å². The molecule has 1 fully saturated rings. The summed E-state index contributed by atoms with van der Waals surface area (Å²) in [6, 6.07) is 7.69. The first-order valence-corrected chi connectivity index (χ1v) is 10.1. The minimum absolute atomic E-state index is 0.0500. The maximum absolute atomic E-state index is 12.3. The van der Waals surface area contributed by atoms with Crippen LogP contribution in [0.25, 0.3) is 10.2 Å². The number of nitrogens with zero attached hydrogens (tertiary/aromatic N) is 2. The number of thiazole rings is 1. The molecule has 1 aliphatic carbocycles. The van der Waals surface area contributed by atoms with Crippen molar-refractivity contribution in [1.29, 1.82) is 0 Å². The number of rotatable bonds is 6. The van der Waals surface area contributed by atoms with Crippen LogP contribution in [0.1, 0.15) is 59.8 Å². The van der Waals surface area contributed by atoms with Crippen molar-refractivity contribution in [3.05, 3.63) is 62.5 Å². The minimum Gasteiger partial charge on any atom is -0.478 e. The van der Waals surface area contributed by atoms with E-state index in [1.54, 1.807) is 6.07 Å². The molecule has 1 N–H and O–H groups in total. The third kappa shape index (κ3) is 3.67. The molecule has 4 rings (SSSR count). The average Bonchev–Trinajstić information content (AvgIpc) is 3.41. The van der Waals surface area contributed by atoms with Crippen molar-refractivity contribution in [2.75, 3.05) is 0 Å². The Morgan fingerprint density at radius 1 is 1.33 bits per heavy atom. The van der Waals surface area contributed by atoms with E-state index in [0.29, 0.717) is 30.5 Å². The molecule has 2 heterocycles. The highest BCUT2D eigenvalue weighted by atomic mass is 32.1. The van der Waals surface area contributed by atoms with Gasteiger partial charge in [-0.25, -0.2) is 4.79 Å². The quantitative estimate of drug-likeness (QED) is 0.691. The predicted octanol–water partition coefficient (Wildman–Crippen LogP) is 4.28. The standard InChI is InChI=1S/C21H22N2O3S/c1-12(2)11-23-18-6-3-13(8-19(18)27-21(23)26)7-17-16(20(24)25)9-15(10-22-17)14-4-5-14/h3,6,8-10,12,14H,4-5,7,11H2,1-2H3,(H,24,25). The molecule has 3 aromatic rings. The fourth-order valence-electron chi connectivity index (χ4n) is 3.43. The summed E-state index contributed by atoms with van der Waals surface area (Å²) in [4.78, 5) is 28.5. The molecule has 2 aromatic heterocycles. The Kier molecular flexibility index (Phi) is 4.60. The second-order valence-electron chi connectivity index (χ2n) is 7.69. The molecule has 140 valence electrons. The summed E-state index contributed by atoms with van der Waals surface area (Å²) in [5, 5.41) is 9.58. The summed E-state index contributed by atoms with van der Waals surface area (Å²) >= 11 is 1.24. The van der Waals surface area contributed by atoms with Gasteiger partial charge in [0, 0.05) is 19.2 Å². The molecule has 0 aliphatic heterocycles. The van der Waals surface area contributed by atoms with Gasteiger partial charge < -0.3 is 5.11 Å². The Morgan fingerprint density at radius 2 is 2.11 bits per heavy atom. The lowest BCUT2D eigenvalue weighted by Gasteiger charge is -2.09. The van der Waals surface area contributed by atoms with Gasteiger partial charge in [-0.2, -0.15) is 0 Å². The summed E-state index contributed by atoms with van der Waals surface area (Å²) < 4.78 is 2.75. The Morgan fingerprint density at radius 3 is 2.78 bits per heavy atom. The van der Waals surface area contributed by atoms with E-state index >= 15 is 0 Å². The normalized spacial score (nSPS) is 14.2. The van der Waals surface area contributed by atoms with Gasteiger partial charge in [0.2, 0.25) is 0 Å². The summed E-state index contributed by atoms with van der Waals surface area (Å²) in [6.07, 6.45) is 4.49. The van der Waals surface area contributed by atoms with E-state index in [4.69, 9.17) is 0 Å². The number of carboxylic acid groups (broad SMARTS) is 1. The average molecular weight is 382 g/mol. The van der Waals surface area contributed by atoms with Gasteiger partial charge in [-0.05, 0) is 54.0 Å². The summed E-state index contributed by atoms with van der Waals surface area (Å²) in [6.45, 7) is 4.88. The van der Waals surface area contributed by atoms with Crippen molar-refractivity contribution < 1.29 is 9.90 Å². The molecule has 0 atom stereocenters. The van der Waals surface area contributed by atoms with Crippen LogP contribution < -0.4 is 4.87 Å². The lowest BCUT2D eigenvalue weighted by atomic mass is 10.0. The van der Waals surface area contributed by atoms with Crippen molar-refractivity contribution in [1.82, 2.24) is 9.55 Å². The van der Waals surface area contributed by atoms with Crippen molar-refractivity contribution in [3.63, 3.8) is 0 Å². The van der Waals surface area contributed by atoms with E-state index < -0.39 is 5.97 Å². The lowest BCUT2D eigenvalue weighted by Crippen LogP contribution is -2.16. The van der Waals surface area contributed by atoms with Crippen LogP contribution in [-0.4, -0.2) is 20.6 Å². The van der Waals surface area contributed by atoms with Gasteiger partial charge in [-0.3, -0.25) is 14.3 Å². The van der Waals surface area contributed by atoms with Gasteiger partial charge in [0.15, 0.2) is 0 Å². The third-order valence-electron chi connectivity index (χ3n) is 4.92. The van der Waals surface area contributed by atoms with Gasteiger partial charge >= 0.3 is 10.8 Å². The van der Waals surface area contributed by atoms with Crippen LogP contribution in [0.4, 0.5) is 0 Å². The molecule has 1 aliphatic rings. The van der Waals surface area contributed by atoms with Crippen LogP contribution >= 0.6 is 11.3 Å². The van der Waals surface area contributed by atoms with E-state index in [-0.39, 0.29) is 10.4 Å². The molecular formula is C21H22N2O3S. The largest absolute Gasteiger partial charge is 0.478 e. The SMILES string of the molecule is CC(C)Cn1c(=O)sc2cc(Cc3ncc(C4CC4)cc3C(=O)O)ccc21. The number of carboxylic acids is 1. The Bertz CT molecular complexity index is 1080. The first-order valence-electron chi connectivity index (χ1n) is 9.26. The molecule has 0 saturated heterocycles. The van der Waals surface area contributed by atoms with Crippen LogP contribution in [0.3, 0.4) is 0 Å². The smallest absolute Gasteiger partial charge is 0.337 e. The zero-order valence-electron chi connectivity index (χ0n) is 15.4. The maximum atomic E-state index is 12.3. The van der Waals surface area contributed by atoms with E-state index in [2.05, 4.69) is 18.8 Å². The fraction of sp³-hybridized carbons (Fsp3) is 0.381. The lowest BCUT2D eigenvalue weighted by molar-refractivity contribution is 0.0695. The third-order valence-corrected chi connectivity index (χ3v) is 5.86. The molecule has 1 aromatic carbocycles. The van der Waals surface area contributed by atoms with Crippen LogP contribution in [0.15, 0.2) is 35.3 Å². The van der Waals surface area contributed by atoms with E-state index in [0.717, 1.165) is 34.2 Å². The number of fused-ring (bicyclic) bond motifs is 1. The summed E-state index contributed by atoms with van der Waals surface area (Å²) in [5.74, 6) is -0.0692. The Labute approximate surface area is 161 Å². The fourth-order valence-corrected chi connectivity index (χ4v) is 4.39. The highest BCUT2D eigenvalue weighted by molar-refractivity contribution is 7.16. The Balaban J connectivity index is 1.67. The monoisotopic (exact) mass is 382 g/mol. The maximum Gasteiger partial charge on any atom is 0.337 e. The number of aromatic carboxylic acids is 1. The molecule has 0 radical (unpaired) electrons. The van der Waals surface area contributed by atoms with Crippen LogP contribution in [0.2, 0.25) is 0 Å². The molecule has 1 saturated carbocycles. The van der Waals surface area contributed by atoms with Gasteiger partial charge in [-0.15, -0.1) is 0 Å². The molecule has 6 heteroatoms. The minimum atomic E-state index is -0.936. The number of hydrogen-bond acceptors (Lipinski definition) is 4. The first kappa shape index (κ1) is 17.9. The topological polar surface area (TPSA) is 72.2 Å². The number of hydrogen-bond donors (Lipinski definition) is 1. The van der Waals surface area contributed by atoms with E-state index in [1.807, 2.05) is 29.0 Å². The number of aromatic nitrogens is 2. The second-order valence-corrected chi connectivity index (χ2v) is 8.69. The second kappa shape index (κ2) is 6.93. The molecule has 5 nitrogen and oxygen atoms in total. The van der Waals surface area contributed by atoms with Crippen LogP contribution in [0, 0.1) is 5.92 Å².